The van der Waals surface area contributed by atoms with Crippen LogP contribution in [0.25, 0.3) is 10.9 Å². The van der Waals surface area contributed by atoms with Crippen molar-refractivity contribution in [2.75, 3.05) is 0 Å². The zero-order valence-electron chi connectivity index (χ0n) is 10.2. The quantitative estimate of drug-likeness (QED) is 0.779. The molecule has 0 amide bonds. The lowest BCUT2D eigenvalue weighted by atomic mass is 10.1. The Kier molecular flexibility index (Phi) is 2.76. The molecule has 1 N–H and O–H groups in total. The van der Waals surface area contributed by atoms with Crippen LogP contribution in [0.1, 0.15) is 15.9 Å². The highest BCUT2D eigenvalue weighted by atomic mass is 16.4. The first-order valence-electron chi connectivity index (χ1n) is 5.97. The van der Waals surface area contributed by atoms with Crippen LogP contribution < -0.4 is 0 Å². The van der Waals surface area contributed by atoms with Gasteiger partial charge < -0.3 is 5.11 Å². The molecule has 19 heavy (non-hydrogen) atoms. The van der Waals surface area contributed by atoms with Gasteiger partial charge in [0.05, 0.1) is 17.6 Å². The SMILES string of the molecule is O=C(O)c1cccc2nn(Cc3ccccc3)cc12. The Hall–Kier alpha value is -2.62. The summed E-state index contributed by atoms with van der Waals surface area (Å²) in [6.07, 6.45) is 1.78. The Morgan fingerprint density at radius 3 is 2.63 bits per heavy atom. The van der Waals surface area contributed by atoms with E-state index in [2.05, 4.69) is 5.10 Å². The van der Waals surface area contributed by atoms with Crippen LogP contribution in [0.15, 0.2) is 54.7 Å². The van der Waals surface area contributed by atoms with E-state index in [0.717, 1.165) is 5.56 Å². The highest BCUT2D eigenvalue weighted by molar-refractivity contribution is 6.02. The number of hydrogen-bond donors (Lipinski definition) is 1. The van der Waals surface area contributed by atoms with E-state index in [1.807, 2.05) is 36.4 Å². The van der Waals surface area contributed by atoms with Crippen LogP contribution in [0.5, 0.6) is 0 Å². The van der Waals surface area contributed by atoms with Crippen LogP contribution >= 0.6 is 0 Å². The molecule has 0 atom stereocenters. The second kappa shape index (κ2) is 4.57. The lowest BCUT2D eigenvalue weighted by molar-refractivity contribution is 0.0699. The lowest BCUT2D eigenvalue weighted by Gasteiger charge is -2.00. The minimum absolute atomic E-state index is 0.289. The summed E-state index contributed by atoms with van der Waals surface area (Å²) in [6.45, 7) is 0.634. The highest BCUT2D eigenvalue weighted by Gasteiger charge is 2.10. The number of aromatic nitrogens is 2. The van der Waals surface area contributed by atoms with Crippen molar-refractivity contribution in [2.45, 2.75) is 6.54 Å². The standard InChI is InChI=1S/C15H12N2O2/c18-15(19)12-7-4-8-14-13(12)10-17(16-14)9-11-5-2-1-3-6-11/h1-8,10H,9H2,(H,18,19). The third-order valence-corrected chi connectivity index (χ3v) is 3.02. The molecule has 0 saturated heterocycles. The van der Waals surface area contributed by atoms with E-state index < -0.39 is 5.97 Å². The minimum atomic E-state index is -0.926. The molecule has 0 aliphatic heterocycles. The van der Waals surface area contributed by atoms with Gasteiger partial charge in [0.15, 0.2) is 0 Å². The van der Waals surface area contributed by atoms with Gasteiger partial charge >= 0.3 is 5.97 Å². The third-order valence-electron chi connectivity index (χ3n) is 3.02. The molecule has 0 radical (unpaired) electrons. The van der Waals surface area contributed by atoms with Gasteiger partial charge in [-0.05, 0) is 17.7 Å². The number of carboxylic acid groups (broad SMARTS) is 1. The number of benzene rings is 2. The van der Waals surface area contributed by atoms with Crippen LogP contribution in [0.3, 0.4) is 0 Å². The first kappa shape index (κ1) is 11.5. The van der Waals surface area contributed by atoms with Crippen LogP contribution in [0.4, 0.5) is 0 Å². The average molecular weight is 252 g/mol. The zero-order valence-corrected chi connectivity index (χ0v) is 10.2. The fraction of sp³-hybridized carbons (Fsp3) is 0.0667. The summed E-state index contributed by atoms with van der Waals surface area (Å²) in [5.74, 6) is -0.926. The molecule has 0 saturated carbocycles. The predicted octanol–water partition coefficient (Wildman–Crippen LogP) is 2.78. The Morgan fingerprint density at radius 2 is 1.89 bits per heavy atom. The maximum Gasteiger partial charge on any atom is 0.336 e. The van der Waals surface area contributed by atoms with E-state index in [1.54, 1.807) is 23.0 Å². The van der Waals surface area contributed by atoms with Gasteiger partial charge in [-0.3, -0.25) is 4.68 Å². The summed E-state index contributed by atoms with van der Waals surface area (Å²) in [5, 5.41) is 14.2. The van der Waals surface area contributed by atoms with Crippen LogP contribution in [-0.2, 0) is 6.54 Å². The lowest BCUT2D eigenvalue weighted by Crippen LogP contribution is -1.99. The largest absolute Gasteiger partial charge is 0.478 e. The summed E-state index contributed by atoms with van der Waals surface area (Å²) < 4.78 is 1.77. The Balaban J connectivity index is 2.03. The van der Waals surface area contributed by atoms with E-state index in [-0.39, 0.29) is 5.56 Å². The van der Waals surface area contributed by atoms with Gasteiger partial charge in [0.1, 0.15) is 0 Å². The van der Waals surface area contributed by atoms with Crippen molar-refractivity contribution >= 4 is 16.9 Å². The zero-order chi connectivity index (χ0) is 13.2. The molecule has 4 nitrogen and oxygen atoms in total. The average Bonchev–Trinajstić information content (AvgIpc) is 2.81. The maximum absolute atomic E-state index is 11.1. The topological polar surface area (TPSA) is 55.1 Å². The predicted molar refractivity (Wildman–Crippen MR) is 72.2 cm³/mol. The van der Waals surface area contributed by atoms with Gasteiger partial charge in [-0.1, -0.05) is 36.4 Å². The molecule has 4 heteroatoms. The van der Waals surface area contributed by atoms with Crippen molar-refractivity contribution in [2.24, 2.45) is 0 Å². The molecule has 0 bridgehead atoms. The molecule has 3 aromatic rings. The van der Waals surface area contributed by atoms with Crippen molar-refractivity contribution in [3.8, 4) is 0 Å². The smallest absolute Gasteiger partial charge is 0.336 e. The van der Waals surface area contributed by atoms with E-state index >= 15 is 0 Å². The molecule has 0 spiro atoms. The normalized spacial score (nSPS) is 10.7. The van der Waals surface area contributed by atoms with E-state index in [0.29, 0.717) is 17.4 Å². The molecular formula is C15H12N2O2. The summed E-state index contributed by atoms with van der Waals surface area (Å²) in [6, 6.07) is 15.1. The van der Waals surface area contributed by atoms with Crippen molar-refractivity contribution in [1.29, 1.82) is 0 Å². The van der Waals surface area contributed by atoms with Gasteiger partial charge in [-0.15, -0.1) is 0 Å². The highest BCUT2D eigenvalue weighted by Crippen LogP contribution is 2.18. The molecule has 1 aromatic heterocycles. The van der Waals surface area contributed by atoms with Crippen molar-refractivity contribution in [3.63, 3.8) is 0 Å². The summed E-state index contributed by atoms with van der Waals surface area (Å²) in [7, 11) is 0. The van der Waals surface area contributed by atoms with Crippen molar-refractivity contribution in [1.82, 2.24) is 9.78 Å². The van der Waals surface area contributed by atoms with E-state index in [1.165, 1.54) is 0 Å². The fourth-order valence-corrected chi connectivity index (χ4v) is 2.13. The van der Waals surface area contributed by atoms with Crippen LogP contribution in [0.2, 0.25) is 0 Å². The van der Waals surface area contributed by atoms with Gasteiger partial charge in [-0.25, -0.2) is 4.79 Å². The number of nitrogens with zero attached hydrogens (tertiary/aromatic N) is 2. The Bertz CT molecular complexity index is 732. The number of carboxylic acids is 1. The van der Waals surface area contributed by atoms with Crippen LogP contribution in [0, 0.1) is 0 Å². The minimum Gasteiger partial charge on any atom is -0.478 e. The summed E-state index contributed by atoms with van der Waals surface area (Å²) in [5.41, 5.74) is 2.12. The third kappa shape index (κ3) is 2.20. The summed E-state index contributed by atoms with van der Waals surface area (Å²) >= 11 is 0. The molecule has 0 aliphatic rings. The molecule has 2 aromatic carbocycles. The van der Waals surface area contributed by atoms with Gasteiger partial charge in [0.2, 0.25) is 0 Å². The molecule has 0 fully saturated rings. The second-order valence-electron chi connectivity index (χ2n) is 4.36. The number of carbonyl (C=O) groups is 1. The monoisotopic (exact) mass is 252 g/mol. The van der Waals surface area contributed by atoms with Crippen molar-refractivity contribution in [3.05, 3.63) is 65.9 Å². The van der Waals surface area contributed by atoms with Crippen LogP contribution in [-0.4, -0.2) is 20.9 Å². The first-order chi connectivity index (χ1) is 9.24. The number of aromatic carboxylic acids is 1. The molecule has 0 aliphatic carbocycles. The molecular weight excluding hydrogens is 240 g/mol. The van der Waals surface area contributed by atoms with Gasteiger partial charge in [0.25, 0.3) is 0 Å². The second-order valence-corrected chi connectivity index (χ2v) is 4.36. The van der Waals surface area contributed by atoms with Crippen molar-refractivity contribution < 1.29 is 9.90 Å². The molecule has 3 rings (SSSR count). The van der Waals surface area contributed by atoms with E-state index in [9.17, 15) is 4.79 Å². The van der Waals surface area contributed by atoms with E-state index in [4.69, 9.17) is 5.11 Å². The number of rotatable bonds is 3. The number of fused-ring (bicyclic) bond motifs is 1. The summed E-state index contributed by atoms with van der Waals surface area (Å²) in [4.78, 5) is 11.1. The maximum atomic E-state index is 11.1. The Labute approximate surface area is 109 Å². The Morgan fingerprint density at radius 1 is 1.11 bits per heavy atom. The van der Waals surface area contributed by atoms with Gasteiger partial charge in [-0.2, -0.15) is 5.10 Å². The number of hydrogen-bond acceptors (Lipinski definition) is 2. The first-order valence-corrected chi connectivity index (χ1v) is 5.97. The molecule has 0 unspecified atom stereocenters. The fourth-order valence-electron chi connectivity index (χ4n) is 2.13. The van der Waals surface area contributed by atoms with Gasteiger partial charge in [0, 0.05) is 11.6 Å². The molecule has 94 valence electrons. The molecule has 1 heterocycles.